The first-order valence-electron chi connectivity index (χ1n) is 5.31. The van der Waals surface area contributed by atoms with Gasteiger partial charge >= 0.3 is 0 Å². The molecule has 1 rings (SSSR count). The zero-order valence-corrected chi connectivity index (χ0v) is 10.0. The summed E-state index contributed by atoms with van der Waals surface area (Å²) in [4.78, 5) is 0. The molecule has 3 heteroatoms. The van der Waals surface area contributed by atoms with E-state index in [0.717, 1.165) is 24.0 Å². The van der Waals surface area contributed by atoms with Crippen LogP contribution in [0.4, 0.5) is 0 Å². The molecule has 0 spiro atoms. The van der Waals surface area contributed by atoms with Crippen LogP contribution in [-0.4, -0.2) is 11.7 Å². The molecule has 0 amide bonds. The zero-order valence-electron chi connectivity index (χ0n) is 9.26. The summed E-state index contributed by atoms with van der Waals surface area (Å²) in [6, 6.07) is 3.64. The van der Waals surface area contributed by atoms with Crippen molar-refractivity contribution in [2.45, 2.75) is 32.6 Å². The number of rotatable bonds is 4. The number of benzene rings is 1. The molecule has 0 aliphatic rings. The maximum atomic E-state index is 10.0. The molecular formula is C12H18ClNO. The Morgan fingerprint density at radius 3 is 2.67 bits per heavy atom. The minimum Gasteiger partial charge on any atom is -0.507 e. The van der Waals surface area contributed by atoms with Crippen LogP contribution in [0.25, 0.3) is 0 Å². The summed E-state index contributed by atoms with van der Waals surface area (Å²) in [6.45, 7) is 4.68. The fourth-order valence-electron chi connectivity index (χ4n) is 1.73. The van der Waals surface area contributed by atoms with Crippen molar-refractivity contribution in [3.63, 3.8) is 0 Å². The van der Waals surface area contributed by atoms with Gasteiger partial charge in [0, 0.05) is 5.02 Å². The number of phenols is 1. The van der Waals surface area contributed by atoms with Crippen LogP contribution < -0.4 is 5.73 Å². The molecular weight excluding hydrogens is 210 g/mol. The SMILES string of the molecule is CCc1cc(Cl)cc(C(C)CCN)c1O. The van der Waals surface area contributed by atoms with Crippen LogP contribution in [-0.2, 0) is 6.42 Å². The number of aryl methyl sites for hydroxylation is 1. The van der Waals surface area contributed by atoms with Gasteiger partial charge in [-0.3, -0.25) is 0 Å². The predicted octanol–water partition coefficient (Wildman–Crippen LogP) is 3.06. The summed E-state index contributed by atoms with van der Waals surface area (Å²) < 4.78 is 0. The largest absolute Gasteiger partial charge is 0.507 e. The molecule has 1 aromatic rings. The quantitative estimate of drug-likeness (QED) is 0.831. The highest BCUT2D eigenvalue weighted by Gasteiger charge is 2.13. The summed E-state index contributed by atoms with van der Waals surface area (Å²) in [5, 5.41) is 10.7. The molecule has 0 fully saturated rings. The number of hydrogen-bond acceptors (Lipinski definition) is 2. The highest BCUT2D eigenvalue weighted by molar-refractivity contribution is 6.30. The van der Waals surface area contributed by atoms with E-state index in [9.17, 15) is 5.11 Å². The summed E-state index contributed by atoms with van der Waals surface area (Å²) in [5.41, 5.74) is 7.32. The lowest BCUT2D eigenvalue weighted by Crippen LogP contribution is -2.05. The Morgan fingerprint density at radius 1 is 1.47 bits per heavy atom. The average molecular weight is 228 g/mol. The third-order valence-electron chi connectivity index (χ3n) is 2.69. The Bertz CT molecular complexity index is 339. The first kappa shape index (κ1) is 12.3. The van der Waals surface area contributed by atoms with Crippen LogP contribution in [0.3, 0.4) is 0 Å². The second-order valence-corrected chi connectivity index (χ2v) is 4.27. The molecule has 0 radical (unpaired) electrons. The van der Waals surface area contributed by atoms with E-state index in [1.54, 1.807) is 0 Å². The number of phenolic OH excluding ortho intramolecular Hbond substituents is 1. The van der Waals surface area contributed by atoms with Crippen LogP contribution in [0.15, 0.2) is 12.1 Å². The maximum Gasteiger partial charge on any atom is 0.122 e. The smallest absolute Gasteiger partial charge is 0.122 e. The van der Waals surface area contributed by atoms with E-state index < -0.39 is 0 Å². The lowest BCUT2D eigenvalue weighted by Gasteiger charge is -2.15. The Kier molecular flexibility index (Phi) is 4.43. The molecule has 1 unspecified atom stereocenters. The third-order valence-corrected chi connectivity index (χ3v) is 2.91. The molecule has 0 aromatic heterocycles. The summed E-state index contributed by atoms with van der Waals surface area (Å²) in [7, 11) is 0. The second kappa shape index (κ2) is 5.38. The van der Waals surface area contributed by atoms with Crippen LogP contribution in [0.5, 0.6) is 5.75 Å². The molecule has 0 saturated heterocycles. The molecule has 0 bridgehead atoms. The third kappa shape index (κ3) is 2.86. The Labute approximate surface area is 96.1 Å². The van der Waals surface area contributed by atoms with Gasteiger partial charge in [0.15, 0.2) is 0 Å². The number of aromatic hydroxyl groups is 1. The minimum atomic E-state index is 0.249. The fraction of sp³-hybridized carbons (Fsp3) is 0.500. The van der Waals surface area contributed by atoms with Gasteiger partial charge in [0.05, 0.1) is 0 Å². The molecule has 0 aliphatic heterocycles. The van der Waals surface area contributed by atoms with Gasteiger partial charge in [-0.15, -0.1) is 0 Å². The van der Waals surface area contributed by atoms with E-state index in [-0.39, 0.29) is 5.92 Å². The maximum absolute atomic E-state index is 10.0. The molecule has 1 aromatic carbocycles. The van der Waals surface area contributed by atoms with Gasteiger partial charge in [-0.05, 0) is 48.6 Å². The zero-order chi connectivity index (χ0) is 11.4. The highest BCUT2D eigenvalue weighted by atomic mass is 35.5. The van der Waals surface area contributed by atoms with E-state index in [1.807, 2.05) is 19.1 Å². The van der Waals surface area contributed by atoms with E-state index in [0.29, 0.717) is 17.3 Å². The molecule has 0 saturated carbocycles. The topological polar surface area (TPSA) is 46.2 Å². The van der Waals surface area contributed by atoms with Crippen LogP contribution in [0, 0.1) is 0 Å². The average Bonchev–Trinajstić information content (AvgIpc) is 2.21. The number of hydrogen-bond donors (Lipinski definition) is 2. The van der Waals surface area contributed by atoms with Crippen molar-refractivity contribution in [3.8, 4) is 5.75 Å². The molecule has 84 valence electrons. The molecule has 1 atom stereocenters. The van der Waals surface area contributed by atoms with Crippen LogP contribution in [0.2, 0.25) is 5.02 Å². The Hall–Kier alpha value is -0.730. The summed E-state index contributed by atoms with van der Waals surface area (Å²) in [6.07, 6.45) is 1.64. The van der Waals surface area contributed by atoms with Gasteiger partial charge in [0.1, 0.15) is 5.75 Å². The van der Waals surface area contributed by atoms with Crippen molar-refractivity contribution < 1.29 is 5.11 Å². The van der Waals surface area contributed by atoms with Crippen molar-refractivity contribution in [2.24, 2.45) is 5.73 Å². The monoisotopic (exact) mass is 227 g/mol. The molecule has 0 aliphatic carbocycles. The van der Waals surface area contributed by atoms with Crippen LogP contribution >= 0.6 is 11.6 Å². The highest BCUT2D eigenvalue weighted by Crippen LogP contribution is 2.33. The lowest BCUT2D eigenvalue weighted by atomic mass is 9.94. The predicted molar refractivity (Wildman–Crippen MR) is 64.6 cm³/mol. The van der Waals surface area contributed by atoms with E-state index in [4.69, 9.17) is 17.3 Å². The van der Waals surface area contributed by atoms with Crippen LogP contribution in [0.1, 0.15) is 37.3 Å². The summed E-state index contributed by atoms with van der Waals surface area (Å²) in [5.74, 6) is 0.627. The first-order valence-corrected chi connectivity index (χ1v) is 5.69. The standard InChI is InChI=1S/C12H18ClNO/c1-3-9-6-10(13)7-11(12(9)15)8(2)4-5-14/h6-8,15H,3-5,14H2,1-2H3. The number of nitrogens with two attached hydrogens (primary N) is 1. The van der Waals surface area contributed by atoms with Crippen molar-refractivity contribution in [1.29, 1.82) is 0 Å². The first-order chi connectivity index (χ1) is 7.10. The van der Waals surface area contributed by atoms with Gasteiger partial charge in [0.25, 0.3) is 0 Å². The van der Waals surface area contributed by atoms with Gasteiger partial charge in [0.2, 0.25) is 0 Å². The van der Waals surface area contributed by atoms with Crippen molar-refractivity contribution in [3.05, 3.63) is 28.3 Å². The minimum absolute atomic E-state index is 0.249. The molecule has 2 nitrogen and oxygen atoms in total. The lowest BCUT2D eigenvalue weighted by molar-refractivity contribution is 0.454. The van der Waals surface area contributed by atoms with Crippen molar-refractivity contribution >= 4 is 11.6 Å². The molecule has 3 N–H and O–H groups in total. The second-order valence-electron chi connectivity index (χ2n) is 3.83. The van der Waals surface area contributed by atoms with Gasteiger partial charge in [-0.1, -0.05) is 25.4 Å². The van der Waals surface area contributed by atoms with E-state index >= 15 is 0 Å². The fourth-order valence-corrected chi connectivity index (χ4v) is 1.98. The van der Waals surface area contributed by atoms with Gasteiger partial charge in [-0.2, -0.15) is 0 Å². The van der Waals surface area contributed by atoms with E-state index in [2.05, 4.69) is 6.92 Å². The molecule has 15 heavy (non-hydrogen) atoms. The molecule has 0 heterocycles. The van der Waals surface area contributed by atoms with Crippen molar-refractivity contribution in [1.82, 2.24) is 0 Å². The number of halogens is 1. The Balaban J connectivity index is 3.11. The van der Waals surface area contributed by atoms with E-state index in [1.165, 1.54) is 0 Å². The Morgan fingerprint density at radius 2 is 2.13 bits per heavy atom. The van der Waals surface area contributed by atoms with Gasteiger partial charge in [-0.25, -0.2) is 0 Å². The normalized spacial score (nSPS) is 12.8. The van der Waals surface area contributed by atoms with Gasteiger partial charge < -0.3 is 10.8 Å². The van der Waals surface area contributed by atoms with Crippen molar-refractivity contribution in [2.75, 3.05) is 6.54 Å². The summed E-state index contributed by atoms with van der Waals surface area (Å²) >= 11 is 6.00.